The van der Waals surface area contributed by atoms with Crippen LogP contribution in [0, 0.1) is 5.92 Å². The standard InChI is InChI=1S/C15H20O4/c1-8-4-5-11-10(3)15(18)19-14(11)6-9(2)13(17)7-12(8)16/h6,11-14,16-17H,1,3-5,7H2,2H3/b9-6+/t11-,12+,13-,14-/m0/s1. The monoisotopic (exact) mass is 264 g/mol. The summed E-state index contributed by atoms with van der Waals surface area (Å²) in [4.78, 5) is 11.6. The van der Waals surface area contributed by atoms with Gasteiger partial charge in [-0.25, -0.2) is 4.79 Å². The summed E-state index contributed by atoms with van der Waals surface area (Å²) in [6.07, 6.45) is 1.43. The molecule has 1 aliphatic carbocycles. The molecule has 0 radical (unpaired) electrons. The number of aliphatic hydroxyl groups is 2. The Labute approximate surface area is 113 Å². The van der Waals surface area contributed by atoms with Crippen LogP contribution in [0.15, 0.2) is 36.0 Å². The molecule has 4 heteroatoms. The molecule has 1 aliphatic heterocycles. The lowest BCUT2D eigenvalue weighted by atomic mass is 9.85. The van der Waals surface area contributed by atoms with E-state index in [4.69, 9.17) is 4.74 Å². The van der Waals surface area contributed by atoms with Crippen LogP contribution in [0.5, 0.6) is 0 Å². The van der Waals surface area contributed by atoms with Crippen LogP contribution in [0.1, 0.15) is 26.2 Å². The van der Waals surface area contributed by atoms with E-state index < -0.39 is 12.2 Å². The van der Waals surface area contributed by atoms with Crippen molar-refractivity contribution in [2.24, 2.45) is 5.92 Å². The van der Waals surface area contributed by atoms with Crippen LogP contribution in [0.2, 0.25) is 0 Å². The van der Waals surface area contributed by atoms with E-state index in [-0.39, 0.29) is 24.4 Å². The van der Waals surface area contributed by atoms with Gasteiger partial charge in [0.15, 0.2) is 0 Å². The molecule has 4 nitrogen and oxygen atoms in total. The first-order valence-electron chi connectivity index (χ1n) is 6.52. The van der Waals surface area contributed by atoms with E-state index in [1.54, 1.807) is 13.0 Å². The second-order valence-corrected chi connectivity index (χ2v) is 5.38. The van der Waals surface area contributed by atoms with Gasteiger partial charge in [0.25, 0.3) is 0 Å². The Balaban J connectivity index is 2.30. The average Bonchev–Trinajstić information content (AvgIpc) is 2.61. The molecule has 4 atom stereocenters. The number of ether oxygens (including phenoxy) is 1. The molecule has 19 heavy (non-hydrogen) atoms. The summed E-state index contributed by atoms with van der Waals surface area (Å²) in [5, 5.41) is 19.9. The van der Waals surface area contributed by atoms with Gasteiger partial charge in [-0.15, -0.1) is 0 Å². The second kappa shape index (κ2) is 5.31. The normalized spacial score (nSPS) is 39.3. The van der Waals surface area contributed by atoms with Crippen molar-refractivity contribution in [2.75, 3.05) is 0 Å². The molecule has 0 amide bonds. The third-order valence-corrected chi connectivity index (χ3v) is 4.00. The zero-order valence-corrected chi connectivity index (χ0v) is 11.1. The highest BCUT2D eigenvalue weighted by atomic mass is 16.5. The molecular formula is C15H20O4. The summed E-state index contributed by atoms with van der Waals surface area (Å²) < 4.78 is 5.27. The van der Waals surface area contributed by atoms with Crippen molar-refractivity contribution < 1.29 is 19.7 Å². The molecule has 0 aromatic rings. The SMILES string of the molecule is C=C1CC[C@H]2C(=C)C(=O)O[C@H]2/C=C(\C)[C@@H](O)C[C@H]1O. The molecule has 1 saturated heterocycles. The van der Waals surface area contributed by atoms with Crippen LogP contribution in [0.4, 0.5) is 0 Å². The van der Waals surface area contributed by atoms with Crippen molar-refractivity contribution in [2.45, 2.75) is 44.5 Å². The quantitative estimate of drug-likeness (QED) is 0.395. The van der Waals surface area contributed by atoms with E-state index >= 15 is 0 Å². The maximum absolute atomic E-state index is 11.6. The lowest BCUT2D eigenvalue weighted by Crippen LogP contribution is -2.25. The van der Waals surface area contributed by atoms with E-state index in [0.29, 0.717) is 29.6 Å². The lowest BCUT2D eigenvalue weighted by Gasteiger charge is -2.24. The Morgan fingerprint density at radius 1 is 1.32 bits per heavy atom. The van der Waals surface area contributed by atoms with Gasteiger partial charge in [0.1, 0.15) is 6.10 Å². The summed E-state index contributed by atoms with van der Waals surface area (Å²) in [7, 11) is 0. The number of carbonyl (C=O) groups is 1. The fourth-order valence-corrected chi connectivity index (χ4v) is 2.56. The van der Waals surface area contributed by atoms with Gasteiger partial charge in [-0.2, -0.15) is 0 Å². The predicted molar refractivity (Wildman–Crippen MR) is 71.3 cm³/mol. The van der Waals surface area contributed by atoms with Crippen LogP contribution in [0.25, 0.3) is 0 Å². The summed E-state index contributed by atoms with van der Waals surface area (Å²) in [5.74, 6) is -0.476. The topological polar surface area (TPSA) is 66.8 Å². The van der Waals surface area contributed by atoms with Gasteiger partial charge in [0, 0.05) is 17.9 Å². The molecule has 0 aromatic heterocycles. The van der Waals surface area contributed by atoms with Crippen molar-refractivity contribution in [3.05, 3.63) is 36.0 Å². The van der Waals surface area contributed by atoms with Gasteiger partial charge in [-0.3, -0.25) is 0 Å². The van der Waals surface area contributed by atoms with Crippen molar-refractivity contribution in [3.8, 4) is 0 Å². The van der Waals surface area contributed by atoms with E-state index in [0.717, 1.165) is 0 Å². The molecule has 0 saturated carbocycles. The minimum atomic E-state index is -0.752. The predicted octanol–water partition coefficient (Wildman–Crippen LogP) is 1.49. The number of fused-ring (bicyclic) bond motifs is 1. The molecule has 2 rings (SSSR count). The van der Waals surface area contributed by atoms with Gasteiger partial charge in [0.2, 0.25) is 0 Å². The lowest BCUT2D eigenvalue weighted by molar-refractivity contribution is -0.137. The van der Waals surface area contributed by atoms with Gasteiger partial charge in [-0.05, 0) is 37.0 Å². The number of carbonyl (C=O) groups excluding carboxylic acids is 1. The van der Waals surface area contributed by atoms with Crippen molar-refractivity contribution >= 4 is 5.97 Å². The largest absolute Gasteiger partial charge is 0.454 e. The van der Waals surface area contributed by atoms with E-state index in [1.165, 1.54) is 0 Å². The van der Waals surface area contributed by atoms with E-state index in [9.17, 15) is 15.0 Å². The first kappa shape index (κ1) is 14.0. The Hall–Kier alpha value is -1.39. The van der Waals surface area contributed by atoms with Crippen molar-refractivity contribution in [3.63, 3.8) is 0 Å². The van der Waals surface area contributed by atoms with Gasteiger partial charge < -0.3 is 14.9 Å². The Morgan fingerprint density at radius 2 is 2.00 bits per heavy atom. The summed E-state index contributed by atoms with van der Waals surface area (Å²) in [5.41, 5.74) is 1.84. The Morgan fingerprint density at radius 3 is 2.68 bits per heavy atom. The van der Waals surface area contributed by atoms with Crippen LogP contribution in [-0.2, 0) is 9.53 Å². The van der Waals surface area contributed by atoms with Crippen LogP contribution < -0.4 is 0 Å². The zero-order valence-electron chi connectivity index (χ0n) is 11.1. The maximum atomic E-state index is 11.6. The number of hydrogen-bond donors (Lipinski definition) is 2. The highest BCUT2D eigenvalue weighted by Gasteiger charge is 2.38. The fourth-order valence-electron chi connectivity index (χ4n) is 2.56. The van der Waals surface area contributed by atoms with Gasteiger partial charge >= 0.3 is 5.97 Å². The van der Waals surface area contributed by atoms with Crippen LogP contribution >= 0.6 is 0 Å². The average molecular weight is 264 g/mol. The van der Waals surface area contributed by atoms with Gasteiger partial charge in [0.05, 0.1) is 12.2 Å². The molecule has 0 unspecified atom stereocenters. The molecule has 104 valence electrons. The summed E-state index contributed by atoms with van der Waals surface area (Å²) in [6, 6.07) is 0. The van der Waals surface area contributed by atoms with Crippen LogP contribution in [-0.4, -0.2) is 34.5 Å². The van der Waals surface area contributed by atoms with Gasteiger partial charge in [-0.1, -0.05) is 13.2 Å². The molecule has 1 fully saturated rings. The van der Waals surface area contributed by atoms with Crippen molar-refractivity contribution in [1.82, 2.24) is 0 Å². The second-order valence-electron chi connectivity index (χ2n) is 5.38. The number of esters is 1. The molecule has 0 aromatic carbocycles. The Bertz CT molecular complexity index is 449. The highest BCUT2D eigenvalue weighted by Crippen LogP contribution is 2.34. The zero-order chi connectivity index (χ0) is 14.2. The first-order chi connectivity index (χ1) is 8.90. The molecular weight excluding hydrogens is 244 g/mol. The highest BCUT2D eigenvalue weighted by molar-refractivity contribution is 5.91. The summed E-state index contributed by atoms with van der Waals surface area (Å²) >= 11 is 0. The molecule has 1 heterocycles. The minimum absolute atomic E-state index is 0.100. The molecule has 0 spiro atoms. The fraction of sp³-hybridized carbons (Fsp3) is 0.533. The number of aliphatic hydroxyl groups excluding tert-OH is 2. The van der Waals surface area contributed by atoms with E-state index in [2.05, 4.69) is 13.2 Å². The third kappa shape index (κ3) is 2.80. The Kier molecular flexibility index (Phi) is 3.92. The van der Waals surface area contributed by atoms with E-state index in [1.807, 2.05) is 0 Å². The first-order valence-corrected chi connectivity index (χ1v) is 6.52. The third-order valence-electron chi connectivity index (χ3n) is 4.00. The molecule has 0 bridgehead atoms. The smallest absolute Gasteiger partial charge is 0.334 e. The maximum Gasteiger partial charge on any atom is 0.334 e. The minimum Gasteiger partial charge on any atom is -0.454 e. The van der Waals surface area contributed by atoms with Crippen molar-refractivity contribution in [1.29, 1.82) is 0 Å². The molecule has 2 N–H and O–H groups in total. The number of rotatable bonds is 0. The molecule has 2 aliphatic rings. The van der Waals surface area contributed by atoms with Crippen LogP contribution in [0.3, 0.4) is 0 Å². The summed E-state index contributed by atoms with van der Waals surface area (Å²) in [6.45, 7) is 9.40. The number of hydrogen-bond acceptors (Lipinski definition) is 4.